The second-order valence-electron chi connectivity index (χ2n) is 7.81. The molecule has 2 aromatic carbocycles. The lowest BCUT2D eigenvalue weighted by Crippen LogP contribution is -2.50. The van der Waals surface area contributed by atoms with Crippen LogP contribution in [0.5, 0.6) is 0 Å². The van der Waals surface area contributed by atoms with E-state index in [4.69, 9.17) is 0 Å². The predicted octanol–water partition coefficient (Wildman–Crippen LogP) is 4.64. The first-order valence-corrected chi connectivity index (χ1v) is 11.9. The highest BCUT2D eigenvalue weighted by Gasteiger charge is 2.36. The van der Waals surface area contributed by atoms with E-state index >= 15 is 0 Å². The lowest BCUT2D eigenvalue weighted by atomic mass is 9.98. The molecule has 0 amide bonds. The minimum atomic E-state index is -1.13. The van der Waals surface area contributed by atoms with Crippen molar-refractivity contribution in [3.05, 3.63) is 59.8 Å². The van der Waals surface area contributed by atoms with Crippen molar-refractivity contribution in [1.29, 1.82) is 0 Å². The molecule has 1 aliphatic rings. The molecule has 1 nitrogen and oxygen atoms in total. The highest BCUT2D eigenvalue weighted by Crippen LogP contribution is 2.33. The fourth-order valence-electron chi connectivity index (χ4n) is 4.07. The molecule has 0 atom stereocenters. The van der Waals surface area contributed by atoms with Crippen LogP contribution in [-0.4, -0.2) is 8.07 Å². The van der Waals surface area contributed by atoms with E-state index in [0.29, 0.717) is 0 Å². The molecule has 122 valence electrons. The molecule has 1 saturated heterocycles. The second-order valence-corrected chi connectivity index (χ2v) is 12.5. The molecule has 1 aliphatic heterocycles. The van der Waals surface area contributed by atoms with Crippen molar-refractivity contribution in [2.24, 2.45) is 7.05 Å². The predicted molar refractivity (Wildman–Crippen MR) is 106 cm³/mol. The Morgan fingerprint density at radius 1 is 0.958 bits per heavy atom. The van der Waals surface area contributed by atoms with Gasteiger partial charge in [-0.25, -0.2) is 4.57 Å². The highest BCUT2D eigenvalue weighted by molar-refractivity contribution is 6.93. The summed E-state index contributed by atoms with van der Waals surface area (Å²) in [6.45, 7) is 6.94. The van der Waals surface area contributed by atoms with Crippen LogP contribution in [0.1, 0.15) is 17.5 Å². The molecule has 1 aromatic heterocycles. The maximum Gasteiger partial charge on any atom is 0.220 e. The number of rotatable bonds is 2. The van der Waals surface area contributed by atoms with Crippen molar-refractivity contribution in [1.82, 2.24) is 0 Å². The smallest absolute Gasteiger partial charge is 0.200 e. The normalized spacial score (nSPS) is 16.2. The fourth-order valence-corrected chi connectivity index (χ4v) is 7.05. The number of aryl methyl sites for hydroxylation is 3. The molecule has 2 heterocycles. The first-order valence-electron chi connectivity index (χ1n) is 8.98. The SMILES string of the molecule is Cc1ccc(C)c(-c2c3ccc([Si]4(C)CCC4)cc3cc[n+]2C)c1. The van der Waals surface area contributed by atoms with Gasteiger partial charge in [0.1, 0.15) is 7.05 Å². The Labute approximate surface area is 146 Å². The van der Waals surface area contributed by atoms with Crippen LogP contribution < -0.4 is 9.75 Å². The summed E-state index contributed by atoms with van der Waals surface area (Å²) >= 11 is 0. The van der Waals surface area contributed by atoms with Crippen LogP contribution in [0.2, 0.25) is 18.6 Å². The highest BCUT2D eigenvalue weighted by atomic mass is 28.3. The van der Waals surface area contributed by atoms with Crippen molar-refractivity contribution >= 4 is 24.0 Å². The third-order valence-corrected chi connectivity index (χ3v) is 10.6. The number of aromatic nitrogens is 1. The number of hydrogen-bond donors (Lipinski definition) is 0. The van der Waals surface area contributed by atoms with Gasteiger partial charge in [0.15, 0.2) is 6.20 Å². The lowest BCUT2D eigenvalue weighted by Gasteiger charge is -2.36. The molecular weight excluding hydrogens is 306 g/mol. The number of hydrogen-bond acceptors (Lipinski definition) is 0. The standard InChI is InChI=1S/C22H26NSi/c1-16-6-7-17(2)21(14-16)22-20-9-8-19(24(4)12-5-13-24)15-18(20)10-11-23(22)3/h6-11,14-15H,5,12-13H2,1-4H3/q+1. The van der Waals surface area contributed by atoms with Gasteiger partial charge in [0.25, 0.3) is 0 Å². The average molecular weight is 333 g/mol. The maximum atomic E-state index is 2.55. The van der Waals surface area contributed by atoms with Crippen molar-refractivity contribution < 1.29 is 4.57 Å². The molecule has 1 fully saturated rings. The van der Waals surface area contributed by atoms with E-state index in [9.17, 15) is 0 Å². The molecule has 0 saturated carbocycles. The van der Waals surface area contributed by atoms with E-state index in [0.717, 1.165) is 0 Å². The lowest BCUT2D eigenvalue weighted by molar-refractivity contribution is -0.659. The van der Waals surface area contributed by atoms with E-state index in [1.807, 2.05) is 0 Å². The van der Waals surface area contributed by atoms with Crippen molar-refractivity contribution in [3.8, 4) is 11.3 Å². The first-order chi connectivity index (χ1) is 11.5. The average Bonchev–Trinajstić information content (AvgIpc) is 2.55. The summed E-state index contributed by atoms with van der Waals surface area (Å²) in [5.41, 5.74) is 5.34. The summed E-state index contributed by atoms with van der Waals surface area (Å²) in [6.07, 6.45) is 3.64. The van der Waals surface area contributed by atoms with Crippen LogP contribution in [0.15, 0.2) is 48.7 Å². The van der Waals surface area contributed by atoms with Gasteiger partial charge in [-0.2, -0.15) is 0 Å². The Balaban J connectivity index is 1.95. The van der Waals surface area contributed by atoms with E-state index < -0.39 is 8.07 Å². The van der Waals surface area contributed by atoms with Crippen molar-refractivity contribution in [2.45, 2.75) is 38.9 Å². The van der Waals surface area contributed by atoms with Gasteiger partial charge in [-0.3, -0.25) is 0 Å². The molecule has 24 heavy (non-hydrogen) atoms. The summed E-state index contributed by atoms with van der Waals surface area (Å²) in [5.74, 6) is 0. The Hall–Kier alpha value is -1.93. The number of benzene rings is 2. The van der Waals surface area contributed by atoms with Gasteiger partial charge < -0.3 is 0 Å². The Morgan fingerprint density at radius 2 is 1.75 bits per heavy atom. The molecule has 4 rings (SSSR count). The summed E-state index contributed by atoms with van der Waals surface area (Å²) in [4.78, 5) is 0. The summed E-state index contributed by atoms with van der Waals surface area (Å²) in [7, 11) is 1.03. The quantitative estimate of drug-likeness (QED) is 0.475. The Bertz CT molecular complexity index is 938. The Kier molecular flexibility index (Phi) is 3.61. The van der Waals surface area contributed by atoms with Gasteiger partial charge in [0.05, 0.1) is 13.5 Å². The van der Waals surface area contributed by atoms with E-state index in [-0.39, 0.29) is 0 Å². The number of nitrogens with zero attached hydrogens (tertiary/aromatic N) is 1. The number of fused-ring (bicyclic) bond motifs is 1. The van der Waals surface area contributed by atoms with Gasteiger partial charge in [-0.15, -0.1) is 0 Å². The van der Waals surface area contributed by atoms with Crippen LogP contribution in [0.4, 0.5) is 0 Å². The van der Waals surface area contributed by atoms with E-state index in [1.54, 1.807) is 5.19 Å². The van der Waals surface area contributed by atoms with Gasteiger partial charge in [-0.1, -0.05) is 60.1 Å². The van der Waals surface area contributed by atoms with E-state index in [1.165, 1.54) is 51.7 Å². The van der Waals surface area contributed by atoms with Crippen LogP contribution >= 0.6 is 0 Å². The molecule has 0 bridgehead atoms. The minimum absolute atomic E-state index is 1.13. The molecule has 0 N–H and O–H groups in total. The zero-order valence-electron chi connectivity index (χ0n) is 15.2. The van der Waals surface area contributed by atoms with Crippen LogP contribution in [0.25, 0.3) is 22.0 Å². The molecule has 0 aliphatic carbocycles. The third kappa shape index (κ3) is 2.41. The second kappa shape index (κ2) is 5.56. The van der Waals surface area contributed by atoms with Gasteiger partial charge in [0.2, 0.25) is 5.69 Å². The van der Waals surface area contributed by atoms with Gasteiger partial charge in [0, 0.05) is 11.6 Å². The molecular formula is C22H26NSi+. The zero-order chi connectivity index (χ0) is 16.9. The van der Waals surface area contributed by atoms with Crippen LogP contribution in [0.3, 0.4) is 0 Å². The minimum Gasteiger partial charge on any atom is -0.200 e. The van der Waals surface area contributed by atoms with Gasteiger partial charge in [-0.05, 0) is 36.9 Å². The van der Waals surface area contributed by atoms with Crippen molar-refractivity contribution in [3.63, 3.8) is 0 Å². The Morgan fingerprint density at radius 3 is 2.46 bits per heavy atom. The van der Waals surface area contributed by atoms with Crippen molar-refractivity contribution in [2.75, 3.05) is 0 Å². The molecule has 2 heteroatoms. The number of pyridine rings is 1. The summed E-state index contributed by atoms with van der Waals surface area (Å²) < 4.78 is 2.27. The largest absolute Gasteiger partial charge is 0.220 e. The maximum absolute atomic E-state index is 2.55. The molecule has 3 aromatic rings. The summed E-state index contributed by atoms with van der Waals surface area (Å²) in [6, 6.07) is 19.2. The van der Waals surface area contributed by atoms with Crippen LogP contribution in [0, 0.1) is 13.8 Å². The van der Waals surface area contributed by atoms with Crippen LogP contribution in [-0.2, 0) is 7.05 Å². The monoisotopic (exact) mass is 332 g/mol. The molecule has 0 radical (unpaired) electrons. The first kappa shape index (κ1) is 15.6. The van der Waals surface area contributed by atoms with Gasteiger partial charge >= 0.3 is 0 Å². The topological polar surface area (TPSA) is 3.88 Å². The zero-order valence-corrected chi connectivity index (χ0v) is 16.2. The van der Waals surface area contributed by atoms with E-state index in [2.05, 4.69) is 80.7 Å². The molecule has 0 unspecified atom stereocenters. The third-order valence-electron chi connectivity index (χ3n) is 5.94. The molecule has 0 spiro atoms. The fraction of sp³-hybridized carbons (Fsp3) is 0.318. The summed E-state index contributed by atoms with van der Waals surface area (Å²) in [5, 5.41) is 4.40.